The van der Waals surface area contributed by atoms with E-state index in [-0.39, 0.29) is 5.54 Å². The van der Waals surface area contributed by atoms with E-state index in [0.717, 1.165) is 32.5 Å². The van der Waals surface area contributed by atoms with Gasteiger partial charge >= 0.3 is 0 Å². The maximum Gasteiger partial charge on any atom is 0.0972 e. The molecule has 170 valence electrons. The van der Waals surface area contributed by atoms with Crippen molar-refractivity contribution in [1.82, 2.24) is 4.90 Å². The molecule has 3 aromatic rings. The Balaban J connectivity index is 2.07. The summed E-state index contributed by atoms with van der Waals surface area (Å²) in [6, 6.07) is 32.9. The third-order valence-corrected chi connectivity index (χ3v) is 6.31. The average Bonchev–Trinajstić information content (AvgIpc) is 2.86. The second-order valence-corrected chi connectivity index (χ2v) is 8.49. The monoisotopic (exact) mass is 429 g/mol. The third kappa shape index (κ3) is 5.86. The molecule has 0 radical (unpaired) electrons. The maximum absolute atomic E-state index is 6.01. The van der Waals surface area contributed by atoms with Crippen LogP contribution in [0.3, 0.4) is 0 Å². The zero-order chi connectivity index (χ0) is 22.5. The molecule has 0 amide bonds. The van der Waals surface area contributed by atoms with Crippen LogP contribution in [-0.4, -0.2) is 31.1 Å². The fourth-order valence-electron chi connectivity index (χ4n) is 4.79. The van der Waals surface area contributed by atoms with Gasteiger partial charge in [0.15, 0.2) is 0 Å². The predicted molar refractivity (Wildman–Crippen MR) is 137 cm³/mol. The van der Waals surface area contributed by atoms with Gasteiger partial charge in [-0.1, -0.05) is 110 Å². The van der Waals surface area contributed by atoms with Gasteiger partial charge in [-0.15, -0.1) is 0 Å². The van der Waals surface area contributed by atoms with Crippen LogP contribution in [0.5, 0.6) is 0 Å². The fourth-order valence-corrected chi connectivity index (χ4v) is 4.79. The summed E-state index contributed by atoms with van der Waals surface area (Å²) in [6.07, 6.45) is 6.97. The van der Waals surface area contributed by atoms with E-state index in [4.69, 9.17) is 11.5 Å². The summed E-state index contributed by atoms with van der Waals surface area (Å²) in [5, 5.41) is 0. The molecule has 0 saturated heterocycles. The van der Waals surface area contributed by atoms with Crippen molar-refractivity contribution in [2.24, 2.45) is 11.5 Å². The van der Waals surface area contributed by atoms with Crippen LogP contribution in [0.25, 0.3) is 0 Å². The molecule has 0 aliphatic heterocycles. The van der Waals surface area contributed by atoms with E-state index >= 15 is 0 Å². The van der Waals surface area contributed by atoms with Crippen molar-refractivity contribution >= 4 is 0 Å². The Kier molecular flexibility index (Phi) is 9.96. The number of nitrogens with zero attached hydrogens (tertiary/aromatic N) is 1. The highest BCUT2D eigenvalue weighted by Gasteiger charge is 2.41. The summed E-state index contributed by atoms with van der Waals surface area (Å²) < 4.78 is 0. The van der Waals surface area contributed by atoms with Gasteiger partial charge in [0, 0.05) is 6.54 Å². The first kappa shape index (κ1) is 24.2. The van der Waals surface area contributed by atoms with Gasteiger partial charge < -0.3 is 11.5 Å². The predicted octanol–water partition coefficient (Wildman–Crippen LogP) is 5.54. The Labute approximate surface area is 194 Å². The SMILES string of the molecule is NCCCCCCCN(CCCN)C(c1ccccc1)(c1ccccc1)c1ccccc1. The number of unbranched alkanes of at least 4 members (excludes halogenated alkanes) is 4. The van der Waals surface area contributed by atoms with Gasteiger partial charge in [0.2, 0.25) is 0 Å². The molecule has 3 nitrogen and oxygen atoms in total. The molecule has 0 saturated carbocycles. The Morgan fingerprint density at radius 3 is 1.28 bits per heavy atom. The van der Waals surface area contributed by atoms with Gasteiger partial charge in [-0.3, -0.25) is 4.90 Å². The number of nitrogens with two attached hydrogens (primary N) is 2. The lowest BCUT2D eigenvalue weighted by atomic mass is 9.75. The minimum atomic E-state index is -0.351. The molecule has 4 N–H and O–H groups in total. The van der Waals surface area contributed by atoms with Gasteiger partial charge in [-0.05, 0) is 55.6 Å². The van der Waals surface area contributed by atoms with Crippen LogP contribution in [0.2, 0.25) is 0 Å². The van der Waals surface area contributed by atoms with Crippen LogP contribution in [0.4, 0.5) is 0 Å². The molecule has 0 aromatic heterocycles. The Bertz CT molecular complexity index is 768. The molecular weight excluding hydrogens is 390 g/mol. The van der Waals surface area contributed by atoms with Crippen LogP contribution in [-0.2, 0) is 5.54 Å². The van der Waals surface area contributed by atoms with Crippen LogP contribution >= 0.6 is 0 Å². The van der Waals surface area contributed by atoms with Gasteiger partial charge in [0.1, 0.15) is 0 Å². The minimum Gasteiger partial charge on any atom is -0.330 e. The number of hydrogen-bond acceptors (Lipinski definition) is 3. The molecule has 0 atom stereocenters. The fraction of sp³-hybridized carbons (Fsp3) is 0.379. The molecule has 0 bridgehead atoms. The first-order valence-electron chi connectivity index (χ1n) is 12.2. The van der Waals surface area contributed by atoms with Gasteiger partial charge in [0.25, 0.3) is 0 Å². The number of rotatable bonds is 14. The van der Waals surface area contributed by atoms with E-state index in [2.05, 4.69) is 95.9 Å². The van der Waals surface area contributed by atoms with Crippen LogP contribution < -0.4 is 11.5 Å². The van der Waals surface area contributed by atoms with Gasteiger partial charge in [-0.2, -0.15) is 0 Å². The number of benzene rings is 3. The van der Waals surface area contributed by atoms with Crippen LogP contribution in [0.15, 0.2) is 91.0 Å². The van der Waals surface area contributed by atoms with Crippen molar-refractivity contribution in [3.63, 3.8) is 0 Å². The molecular formula is C29H39N3. The Hall–Kier alpha value is -2.46. The van der Waals surface area contributed by atoms with Gasteiger partial charge in [-0.25, -0.2) is 0 Å². The highest BCUT2D eigenvalue weighted by Crippen LogP contribution is 2.42. The molecule has 0 unspecified atom stereocenters. The first-order chi connectivity index (χ1) is 15.8. The molecule has 0 heterocycles. The number of hydrogen-bond donors (Lipinski definition) is 2. The largest absolute Gasteiger partial charge is 0.330 e. The van der Waals surface area contributed by atoms with Crippen molar-refractivity contribution in [1.29, 1.82) is 0 Å². The molecule has 32 heavy (non-hydrogen) atoms. The third-order valence-electron chi connectivity index (χ3n) is 6.31. The molecule has 3 aromatic carbocycles. The topological polar surface area (TPSA) is 55.3 Å². The highest BCUT2D eigenvalue weighted by atomic mass is 15.2. The maximum atomic E-state index is 6.01. The van der Waals surface area contributed by atoms with Crippen LogP contribution in [0, 0.1) is 0 Å². The summed E-state index contributed by atoms with van der Waals surface area (Å²) in [5.74, 6) is 0. The molecule has 0 fully saturated rings. The Morgan fingerprint density at radius 1 is 0.469 bits per heavy atom. The standard InChI is InChI=1S/C29H39N3/c30-22-13-2-1-3-14-24-32(25-15-23-31)29(26-16-7-4-8-17-26,27-18-9-5-10-19-27)28-20-11-6-12-21-28/h4-12,16-21H,1-3,13-15,22-25,30-31H2. The zero-order valence-electron chi connectivity index (χ0n) is 19.3. The van der Waals surface area contributed by atoms with Gasteiger partial charge in [0.05, 0.1) is 5.54 Å². The quantitative estimate of drug-likeness (QED) is 0.261. The smallest absolute Gasteiger partial charge is 0.0972 e. The molecule has 3 rings (SSSR count). The molecule has 3 heteroatoms. The lowest BCUT2D eigenvalue weighted by Crippen LogP contribution is -2.49. The summed E-state index contributed by atoms with van der Waals surface area (Å²) in [6.45, 7) is 3.47. The first-order valence-corrected chi connectivity index (χ1v) is 12.2. The second kappa shape index (κ2) is 13.2. The average molecular weight is 430 g/mol. The lowest BCUT2D eigenvalue weighted by molar-refractivity contribution is 0.152. The minimum absolute atomic E-state index is 0.351. The lowest BCUT2D eigenvalue weighted by Gasteiger charge is -2.46. The highest BCUT2D eigenvalue weighted by molar-refractivity contribution is 5.49. The molecule has 0 spiro atoms. The van der Waals surface area contributed by atoms with Crippen molar-refractivity contribution in [2.75, 3.05) is 26.2 Å². The van der Waals surface area contributed by atoms with Crippen molar-refractivity contribution in [3.8, 4) is 0 Å². The van der Waals surface area contributed by atoms with E-state index in [1.807, 2.05) is 0 Å². The van der Waals surface area contributed by atoms with Crippen LogP contribution in [0.1, 0.15) is 55.2 Å². The summed E-state index contributed by atoms with van der Waals surface area (Å²) in [4.78, 5) is 2.67. The van der Waals surface area contributed by atoms with E-state index in [0.29, 0.717) is 6.54 Å². The Morgan fingerprint density at radius 2 is 0.844 bits per heavy atom. The van der Waals surface area contributed by atoms with E-state index in [1.54, 1.807) is 0 Å². The van der Waals surface area contributed by atoms with E-state index in [1.165, 1.54) is 42.4 Å². The summed E-state index contributed by atoms with van der Waals surface area (Å²) in [7, 11) is 0. The zero-order valence-corrected chi connectivity index (χ0v) is 19.3. The molecule has 0 aliphatic rings. The van der Waals surface area contributed by atoms with Crippen molar-refractivity contribution in [3.05, 3.63) is 108 Å². The van der Waals surface area contributed by atoms with E-state index in [9.17, 15) is 0 Å². The summed E-state index contributed by atoms with van der Waals surface area (Å²) >= 11 is 0. The summed E-state index contributed by atoms with van der Waals surface area (Å²) in [5.41, 5.74) is 15.2. The van der Waals surface area contributed by atoms with Crippen molar-refractivity contribution in [2.45, 2.75) is 44.1 Å². The van der Waals surface area contributed by atoms with E-state index < -0.39 is 0 Å². The molecule has 0 aliphatic carbocycles. The second-order valence-electron chi connectivity index (χ2n) is 8.49. The van der Waals surface area contributed by atoms with Crippen molar-refractivity contribution < 1.29 is 0 Å². The normalized spacial score (nSPS) is 11.7.